The van der Waals surface area contributed by atoms with Crippen LogP contribution in [0.5, 0.6) is 0 Å². The van der Waals surface area contributed by atoms with Crippen molar-refractivity contribution in [2.75, 3.05) is 24.6 Å². The van der Waals surface area contributed by atoms with E-state index in [-0.39, 0.29) is 6.10 Å². The fourth-order valence-corrected chi connectivity index (χ4v) is 4.21. The number of carboxylic acids is 1. The minimum Gasteiger partial charge on any atom is -0.481 e. The predicted octanol–water partition coefficient (Wildman–Crippen LogP) is 2.98. The summed E-state index contributed by atoms with van der Waals surface area (Å²) in [6, 6.07) is 17.7. The highest BCUT2D eigenvalue weighted by Crippen LogP contribution is 2.44. The van der Waals surface area contributed by atoms with Gasteiger partial charge in [0.1, 0.15) is 11.2 Å². The molecule has 2 aliphatic heterocycles. The molecule has 1 aromatic heterocycles. The van der Waals surface area contributed by atoms with Gasteiger partial charge in [-0.25, -0.2) is 9.97 Å². The second-order valence-corrected chi connectivity index (χ2v) is 7.21. The average Bonchev–Trinajstić information content (AvgIpc) is 3.26. The minimum absolute atomic E-state index is 0.302. The number of hydrogen-bond donors (Lipinski definition) is 1. The van der Waals surface area contributed by atoms with Crippen LogP contribution >= 0.6 is 0 Å². The lowest BCUT2D eigenvalue weighted by molar-refractivity contribution is -0.149. The van der Waals surface area contributed by atoms with Crippen molar-refractivity contribution < 1.29 is 14.6 Å². The molecule has 2 aromatic carbocycles. The van der Waals surface area contributed by atoms with E-state index in [4.69, 9.17) is 14.7 Å². The number of carboxylic acid groups (broad SMARTS) is 1. The molecule has 0 amide bonds. The van der Waals surface area contributed by atoms with E-state index < -0.39 is 11.4 Å². The lowest BCUT2D eigenvalue weighted by Gasteiger charge is -2.23. The standard InChI is InChI=1S/C21H19N3O3/c25-20(26)21-10-11-27-17(21)12-24(13-21)19-15-8-4-5-9-16(15)22-18(23-19)14-6-2-1-3-7-14/h1-9,17H,10-13H2,(H,25,26)/t17-,21-/m0/s1. The molecule has 2 saturated heterocycles. The molecule has 2 atom stereocenters. The second kappa shape index (κ2) is 6.03. The van der Waals surface area contributed by atoms with Crippen LogP contribution in [0.3, 0.4) is 0 Å². The van der Waals surface area contributed by atoms with Gasteiger partial charge in [0.25, 0.3) is 0 Å². The van der Waals surface area contributed by atoms with Gasteiger partial charge in [0, 0.05) is 30.6 Å². The van der Waals surface area contributed by atoms with E-state index in [0.29, 0.717) is 31.9 Å². The molecule has 0 unspecified atom stereocenters. The molecule has 27 heavy (non-hydrogen) atoms. The Bertz CT molecular complexity index is 1020. The minimum atomic E-state index is -0.848. The van der Waals surface area contributed by atoms with Crippen molar-refractivity contribution >= 4 is 22.7 Å². The van der Waals surface area contributed by atoms with E-state index in [1.165, 1.54) is 0 Å². The maximum atomic E-state index is 12.0. The monoisotopic (exact) mass is 361 g/mol. The lowest BCUT2D eigenvalue weighted by Crippen LogP contribution is -2.38. The summed E-state index contributed by atoms with van der Waals surface area (Å²) in [5.74, 6) is 0.638. The molecule has 3 aromatic rings. The van der Waals surface area contributed by atoms with Crippen molar-refractivity contribution in [1.82, 2.24) is 9.97 Å². The number of fused-ring (bicyclic) bond motifs is 2. The first kappa shape index (κ1) is 16.2. The molecule has 0 saturated carbocycles. The summed E-state index contributed by atoms with van der Waals surface area (Å²) in [6.45, 7) is 1.44. The highest BCUT2D eigenvalue weighted by molar-refractivity contribution is 5.92. The van der Waals surface area contributed by atoms with Crippen LogP contribution in [0.15, 0.2) is 54.6 Å². The highest BCUT2D eigenvalue weighted by atomic mass is 16.5. The third-order valence-electron chi connectivity index (χ3n) is 5.68. The molecule has 136 valence electrons. The number of ether oxygens (including phenoxy) is 1. The Kier molecular flexibility index (Phi) is 3.62. The Morgan fingerprint density at radius 1 is 1.11 bits per heavy atom. The zero-order chi connectivity index (χ0) is 18.4. The van der Waals surface area contributed by atoms with Crippen LogP contribution in [-0.4, -0.2) is 46.8 Å². The van der Waals surface area contributed by atoms with Crippen LogP contribution < -0.4 is 4.90 Å². The molecule has 2 fully saturated rings. The maximum absolute atomic E-state index is 12.0. The number of rotatable bonds is 3. The van der Waals surface area contributed by atoms with Gasteiger partial charge in [-0.15, -0.1) is 0 Å². The molecule has 6 heteroatoms. The van der Waals surface area contributed by atoms with Crippen molar-refractivity contribution in [3.8, 4) is 11.4 Å². The summed E-state index contributed by atoms with van der Waals surface area (Å²) in [7, 11) is 0. The number of hydrogen-bond acceptors (Lipinski definition) is 5. The molecule has 2 aliphatic rings. The maximum Gasteiger partial charge on any atom is 0.314 e. The molecule has 0 spiro atoms. The van der Waals surface area contributed by atoms with E-state index in [1.54, 1.807) is 0 Å². The third kappa shape index (κ3) is 2.48. The van der Waals surface area contributed by atoms with Crippen molar-refractivity contribution in [2.24, 2.45) is 5.41 Å². The Labute approximate surface area is 156 Å². The molecule has 1 N–H and O–H groups in total. The van der Waals surface area contributed by atoms with Gasteiger partial charge in [0.2, 0.25) is 0 Å². The number of aromatic nitrogens is 2. The number of aliphatic carboxylic acids is 1. The van der Waals surface area contributed by atoms with Gasteiger partial charge >= 0.3 is 5.97 Å². The Morgan fingerprint density at radius 2 is 1.89 bits per heavy atom. The SMILES string of the molecule is O=C(O)[C@]12CCO[C@H]1CN(c1nc(-c3ccccc3)nc3ccccc13)C2. The van der Waals surface area contributed by atoms with Crippen molar-refractivity contribution in [2.45, 2.75) is 12.5 Å². The lowest BCUT2D eigenvalue weighted by atomic mass is 9.84. The average molecular weight is 361 g/mol. The molecule has 6 nitrogen and oxygen atoms in total. The summed E-state index contributed by atoms with van der Waals surface area (Å²) in [5.41, 5.74) is 0.940. The Hall–Kier alpha value is -2.99. The first-order valence-corrected chi connectivity index (χ1v) is 9.09. The highest BCUT2D eigenvalue weighted by Gasteiger charge is 2.56. The van der Waals surface area contributed by atoms with Crippen LogP contribution in [0.2, 0.25) is 0 Å². The van der Waals surface area contributed by atoms with E-state index in [2.05, 4.69) is 4.90 Å². The number of nitrogens with zero attached hydrogens (tertiary/aromatic N) is 3. The first-order valence-electron chi connectivity index (χ1n) is 9.09. The van der Waals surface area contributed by atoms with Crippen LogP contribution in [0.1, 0.15) is 6.42 Å². The van der Waals surface area contributed by atoms with Crippen LogP contribution in [0.4, 0.5) is 5.82 Å². The first-order chi connectivity index (χ1) is 13.2. The summed E-state index contributed by atoms with van der Waals surface area (Å²) in [4.78, 5) is 23.6. The summed E-state index contributed by atoms with van der Waals surface area (Å²) < 4.78 is 5.75. The van der Waals surface area contributed by atoms with Crippen LogP contribution in [0.25, 0.3) is 22.3 Å². The topological polar surface area (TPSA) is 75.6 Å². The Balaban J connectivity index is 1.64. The second-order valence-electron chi connectivity index (χ2n) is 7.21. The molecule has 0 bridgehead atoms. The van der Waals surface area contributed by atoms with Crippen molar-refractivity contribution in [3.63, 3.8) is 0 Å². The molecular weight excluding hydrogens is 342 g/mol. The van der Waals surface area contributed by atoms with Crippen LogP contribution in [-0.2, 0) is 9.53 Å². The van der Waals surface area contributed by atoms with E-state index in [1.807, 2.05) is 54.6 Å². The predicted molar refractivity (Wildman–Crippen MR) is 102 cm³/mol. The summed E-state index contributed by atoms with van der Waals surface area (Å²) in [5, 5.41) is 10.8. The molecule has 0 radical (unpaired) electrons. The zero-order valence-electron chi connectivity index (χ0n) is 14.7. The quantitative estimate of drug-likeness (QED) is 0.773. The summed E-state index contributed by atoms with van der Waals surface area (Å²) >= 11 is 0. The normalized spacial score (nSPS) is 24.3. The van der Waals surface area contributed by atoms with Gasteiger partial charge in [-0.1, -0.05) is 42.5 Å². The van der Waals surface area contributed by atoms with E-state index in [0.717, 1.165) is 22.3 Å². The van der Waals surface area contributed by atoms with Gasteiger partial charge in [0.15, 0.2) is 5.82 Å². The van der Waals surface area contributed by atoms with Gasteiger partial charge in [-0.2, -0.15) is 0 Å². The number of carbonyl (C=O) groups is 1. The molecule has 3 heterocycles. The third-order valence-corrected chi connectivity index (χ3v) is 5.68. The number of benzene rings is 2. The van der Waals surface area contributed by atoms with E-state index in [9.17, 15) is 9.90 Å². The van der Waals surface area contributed by atoms with Crippen LogP contribution in [0, 0.1) is 5.41 Å². The Morgan fingerprint density at radius 3 is 2.67 bits per heavy atom. The number of anilines is 1. The van der Waals surface area contributed by atoms with Gasteiger partial charge in [-0.05, 0) is 18.6 Å². The fourth-order valence-electron chi connectivity index (χ4n) is 4.21. The summed E-state index contributed by atoms with van der Waals surface area (Å²) in [6.07, 6.45) is 0.238. The van der Waals surface area contributed by atoms with Crippen molar-refractivity contribution in [3.05, 3.63) is 54.6 Å². The van der Waals surface area contributed by atoms with Crippen molar-refractivity contribution in [1.29, 1.82) is 0 Å². The zero-order valence-corrected chi connectivity index (χ0v) is 14.7. The molecular formula is C21H19N3O3. The molecule has 0 aliphatic carbocycles. The number of para-hydroxylation sites is 1. The molecule has 5 rings (SSSR count). The van der Waals surface area contributed by atoms with Gasteiger partial charge in [0.05, 0.1) is 11.6 Å². The van der Waals surface area contributed by atoms with Gasteiger partial charge < -0.3 is 14.7 Å². The smallest absolute Gasteiger partial charge is 0.314 e. The largest absolute Gasteiger partial charge is 0.481 e. The van der Waals surface area contributed by atoms with E-state index >= 15 is 0 Å². The van der Waals surface area contributed by atoms with Gasteiger partial charge in [-0.3, -0.25) is 4.79 Å². The fraction of sp³-hybridized carbons (Fsp3) is 0.286.